The van der Waals surface area contributed by atoms with Crippen molar-refractivity contribution in [3.8, 4) is 5.75 Å². The molecule has 1 aromatic heterocycles. The minimum absolute atomic E-state index is 0.0598. The van der Waals surface area contributed by atoms with Crippen LogP contribution in [0.4, 0.5) is 4.39 Å². The Hall–Kier alpha value is -2.41. The van der Waals surface area contributed by atoms with Crippen LogP contribution in [0, 0.1) is 11.7 Å². The van der Waals surface area contributed by atoms with Crippen molar-refractivity contribution in [2.24, 2.45) is 5.92 Å². The van der Waals surface area contributed by atoms with E-state index in [0.717, 1.165) is 58.3 Å². The second kappa shape index (κ2) is 9.16. The van der Waals surface area contributed by atoms with Crippen LogP contribution < -0.4 is 4.74 Å². The van der Waals surface area contributed by atoms with Crippen molar-refractivity contribution >= 4 is 5.91 Å². The molecule has 1 atom stereocenters. The van der Waals surface area contributed by atoms with Gasteiger partial charge in [-0.05, 0) is 69.2 Å². The molecule has 0 N–H and O–H groups in total. The van der Waals surface area contributed by atoms with Crippen molar-refractivity contribution in [1.82, 2.24) is 14.7 Å². The van der Waals surface area contributed by atoms with Crippen molar-refractivity contribution in [3.63, 3.8) is 0 Å². The quantitative estimate of drug-likeness (QED) is 0.718. The van der Waals surface area contributed by atoms with E-state index in [1.807, 2.05) is 18.0 Å². The molecule has 0 radical (unpaired) electrons. The maximum atomic E-state index is 13.0. The summed E-state index contributed by atoms with van der Waals surface area (Å²) in [6.45, 7) is 5.59. The Kier molecular flexibility index (Phi) is 6.37. The number of hydrogen-bond acceptors (Lipinski definition) is 4. The Morgan fingerprint density at radius 2 is 2.07 bits per heavy atom. The number of aryl methyl sites for hydroxylation is 1. The first-order chi connectivity index (χ1) is 14.6. The van der Waals surface area contributed by atoms with Crippen molar-refractivity contribution in [1.29, 1.82) is 0 Å². The highest BCUT2D eigenvalue weighted by atomic mass is 19.1. The Labute approximate surface area is 177 Å². The molecule has 2 fully saturated rings. The second-order valence-corrected chi connectivity index (χ2v) is 8.36. The zero-order chi connectivity index (χ0) is 21.0. The Balaban J connectivity index is 1.26. The van der Waals surface area contributed by atoms with Crippen LogP contribution in [0.1, 0.15) is 49.4 Å². The molecule has 2 saturated heterocycles. The molecule has 30 heavy (non-hydrogen) atoms. The number of ether oxygens (including phenoxy) is 2. The van der Waals surface area contributed by atoms with Gasteiger partial charge in [-0.25, -0.2) is 4.39 Å². The molecule has 3 heterocycles. The van der Waals surface area contributed by atoms with Crippen LogP contribution in [0.2, 0.25) is 0 Å². The number of piperidine rings is 1. The topological polar surface area (TPSA) is 56.6 Å². The zero-order valence-corrected chi connectivity index (χ0v) is 17.6. The SMILES string of the molecule is CCn1cc(C(=O)N2CCC3(CC2)CC(CCOc2ccc(F)cc2)CCO3)cn1. The normalized spacial score (nSPS) is 21.0. The van der Waals surface area contributed by atoms with E-state index in [2.05, 4.69) is 5.10 Å². The summed E-state index contributed by atoms with van der Waals surface area (Å²) in [5, 5.41) is 4.21. The lowest BCUT2D eigenvalue weighted by Crippen LogP contribution is -2.50. The molecule has 1 unspecified atom stereocenters. The van der Waals surface area contributed by atoms with Gasteiger partial charge in [0.1, 0.15) is 11.6 Å². The Morgan fingerprint density at radius 1 is 1.30 bits per heavy atom. The van der Waals surface area contributed by atoms with Gasteiger partial charge in [-0.3, -0.25) is 9.48 Å². The van der Waals surface area contributed by atoms with Crippen molar-refractivity contribution in [2.45, 2.75) is 51.2 Å². The summed E-state index contributed by atoms with van der Waals surface area (Å²) in [7, 11) is 0. The number of halogens is 1. The molecule has 6 nitrogen and oxygen atoms in total. The van der Waals surface area contributed by atoms with Gasteiger partial charge in [-0.15, -0.1) is 0 Å². The molecule has 2 aromatic rings. The zero-order valence-electron chi connectivity index (χ0n) is 17.6. The van der Waals surface area contributed by atoms with Gasteiger partial charge >= 0.3 is 0 Å². The minimum Gasteiger partial charge on any atom is -0.494 e. The van der Waals surface area contributed by atoms with E-state index in [9.17, 15) is 9.18 Å². The van der Waals surface area contributed by atoms with Gasteiger partial charge in [0, 0.05) is 32.4 Å². The molecule has 162 valence electrons. The molecule has 0 aliphatic carbocycles. The van der Waals surface area contributed by atoms with E-state index in [1.165, 1.54) is 12.1 Å². The molecule has 7 heteroatoms. The van der Waals surface area contributed by atoms with Gasteiger partial charge in [0.25, 0.3) is 5.91 Å². The Bertz CT molecular complexity index is 844. The molecule has 0 saturated carbocycles. The first-order valence-electron chi connectivity index (χ1n) is 10.9. The summed E-state index contributed by atoms with van der Waals surface area (Å²) in [5.74, 6) is 1.06. The minimum atomic E-state index is -0.252. The van der Waals surface area contributed by atoms with E-state index in [1.54, 1.807) is 23.0 Å². The molecule has 2 aliphatic heterocycles. The van der Waals surface area contributed by atoms with E-state index in [4.69, 9.17) is 9.47 Å². The monoisotopic (exact) mass is 415 g/mol. The number of hydrogen-bond donors (Lipinski definition) is 0. The standard InChI is InChI=1S/C23H30FN3O3/c1-2-27-17-19(16-25-27)22(28)26-11-9-23(10-12-26)15-18(8-14-30-23)7-13-29-21-5-3-20(24)4-6-21/h3-6,16-18H,2,7-15H2,1H3. The Morgan fingerprint density at radius 3 is 2.77 bits per heavy atom. The van der Waals surface area contributed by atoms with Gasteiger partial charge in [-0.1, -0.05) is 0 Å². The lowest BCUT2D eigenvalue weighted by molar-refractivity contribution is -0.125. The third-order valence-electron chi connectivity index (χ3n) is 6.37. The third-order valence-corrected chi connectivity index (χ3v) is 6.37. The number of amides is 1. The van der Waals surface area contributed by atoms with Gasteiger partial charge in [0.15, 0.2) is 0 Å². The van der Waals surface area contributed by atoms with Crippen LogP contribution in [-0.4, -0.2) is 52.5 Å². The highest BCUT2D eigenvalue weighted by Crippen LogP contribution is 2.39. The summed E-state index contributed by atoms with van der Waals surface area (Å²) < 4.78 is 26.8. The van der Waals surface area contributed by atoms with E-state index in [0.29, 0.717) is 23.8 Å². The fraction of sp³-hybridized carbons (Fsp3) is 0.565. The molecular weight excluding hydrogens is 385 g/mol. The average molecular weight is 416 g/mol. The smallest absolute Gasteiger partial charge is 0.257 e. The molecular formula is C23H30FN3O3. The fourth-order valence-corrected chi connectivity index (χ4v) is 4.55. The van der Waals surface area contributed by atoms with Gasteiger partial charge in [-0.2, -0.15) is 5.10 Å². The molecule has 0 bridgehead atoms. The summed E-state index contributed by atoms with van der Waals surface area (Å²) in [4.78, 5) is 14.7. The first-order valence-corrected chi connectivity index (χ1v) is 10.9. The van der Waals surface area contributed by atoms with E-state index in [-0.39, 0.29) is 17.3 Å². The van der Waals surface area contributed by atoms with Crippen LogP contribution >= 0.6 is 0 Å². The molecule has 1 spiro atoms. The maximum Gasteiger partial charge on any atom is 0.257 e. The average Bonchev–Trinajstić information content (AvgIpc) is 3.25. The third kappa shape index (κ3) is 4.83. The number of carbonyl (C=O) groups is 1. The van der Waals surface area contributed by atoms with E-state index >= 15 is 0 Å². The molecule has 1 aromatic carbocycles. The number of nitrogens with zero attached hydrogens (tertiary/aromatic N) is 3. The summed E-state index contributed by atoms with van der Waals surface area (Å²) in [5.41, 5.74) is 0.538. The van der Waals surface area contributed by atoms with Crippen LogP contribution in [0.15, 0.2) is 36.7 Å². The maximum absolute atomic E-state index is 13.0. The second-order valence-electron chi connectivity index (χ2n) is 8.36. The van der Waals surface area contributed by atoms with Gasteiger partial charge in [0.2, 0.25) is 0 Å². The summed E-state index contributed by atoms with van der Waals surface area (Å²) in [6.07, 6.45) is 8.22. The largest absolute Gasteiger partial charge is 0.494 e. The fourth-order valence-electron chi connectivity index (χ4n) is 4.55. The number of benzene rings is 1. The van der Waals surface area contributed by atoms with Crippen LogP contribution in [0.5, 0.6) is 5.75 Å². The highest BCUT2D eigenvalue weighted by molar-refractivity contribution is 5.93. The van der Waals surface area contributed by atoms with Gasteiger partial charge in [0.05, 0.1) is 24.0 Å². The molecule has 2 aliphatic rings. The van der Waals surface area contributed by atoms with Crippen molar-refractivity contribution in [3.05, 3.63) is 48.0 Å². The number of likely N-dealkylation sites (tertiary alicyclic amines) is 1. The lowest BCUT2D eigenvalue weighted by atomic mass is 9.78. The van der Waals surface area contributed by atoms with Crippen LogP contribution in [0.3, 0.4) is 0 Å². The number of aromatic nitrogens is 2. The van der Waals surface area contributed by atoms with Crippen molar-refractivity contribution in [2.75, 3.05) is 26.3 Å². The van der Waals surface area contributed by atoms with E-state index < -0.39 is 0 Å². The number of rotatable bonds is 6. The highest BCUT2D eigenvalue weighted by Gasteiger charge is 2.41. The van der Waals surface area contributed by atoms with Gasteiger partial charge < -0.3 is 14.4 Å². The first kappa shape index (κ1) is 20.8. The summed E-state index contributed by atoms with van der Waals surface area (Å²) in [6, 6.07) is 6.16. The predicted octanol–water partition coefficient (Wildman–Crippen LogP) is 3.91. The summed E-state index contributed by atoms with van der Waals surface area (Å²) >= 11 is 0. The predicted molar refractivity (Wildman–Crippen MR) is 111 cm³/mol. The lowest BCUT2D eigenvalue weighted by Gasteiger charge is -2.46. The van der Waals surface area contributed by atoms with Crippen molar-refractivity contribution < 1.29 is 18.7 Å². The molecule has 4 rings (SSSR count). The number of carbonyl (C=O) groups excluding carboxylic acids is 1. The van der Waals surface area contributed by atoms with Crippen LogP contribution in [0.25, 0.3) is 0 Å². The molecule has 1 amide bonds. The van der Waals surface area contributed by atoms with Crippen LogP contribution in [-0.2, 0) is 11.3 Å².